The topological polar surface area (TPSA) is 70.6 Å². The first-order valence-electron chi connectivity index (χ1n) is 6.46. The minimum Gasteiger partial charge on any atom is -0.409 e. The van der Waals surface area contributed by atoms with Crippen molar-refractivity contribution in [3.05, 3.63) is 35.1 Å². The third-order valence-electron chi connectivity index (χ3n) is 3.79. The van der Waals surface area contributed by atoms with Crippen LogP contribution in [0, 0.1) is 11.7 Å². The average Bonchev–Trinajstić information content (AvgIpc) is 3.21. The highest BCUT2D eigenvalue weighted by Crippen LogP contribution is 2.39. The fraction of sp³-hybridized carbons (Fsp3) is 0.500. The molecule has 1 aromatic rings. The van der Waals surface area contributed by atoms with Crippen molar-refractivity contribution < 1.29 is 9.60 Å². The predicted molar refractivity (Wildman–Crippen MR) is 72.6 cm³/mol. The second-order valence-corrected chi connectivity index (χ2v) is 5.61. The Hall–Kier alpha value is -1.62. The molecule has 0 spiro atoms. The van der Waals surface area contributed by atoms with E-state index in [1.54, 1.807) is 12.1 Å². The molecule has 0 radical (unpaired) electrons. The van der Waals surface area contributed by atoms with Crippen molar-refractivity contribution in [2.24, 2.45) is 16.8 Å². The summed E-state index contributed by atoms with van der Waals surface area (Å²) >= 11 is 0. The Morgan fingerprint density at radius 1 is 1.53 bits per heavy atom. The molecule has 1 fully saturated rings. The zero-order valence-corrected chi connectivity index (χ0v) is 11.3. The molecule has 4 nitrogen and oxygen atoms in total. The first kappa shape index (κ1) is 13.8. The molecule has 0 heterocycles. The van der Waals surface area contributed by atoms with Gasteiger partial charge in [0.15, 0.2) is 5.84 Å². The lowest BCUT2D eigenvalue weighted by Crippen LogP contribution is -2.41. The maximum Gasteiger partial charge on any atom is 0.173 e. The molecular weight excluding hydrogens is 245 g/mol. The molecule has 0 saturated heterocycles. The summed E-state index contributed by atoms with van der Waals surface area (Å²) in [6.45, 7) is 4.70. The van der Waals surface area contributed by atoms with Gasteiger partial charge in [-0.15, -0.1) is 0 Å². The molecule has 2 rings (SSSR count). The van der Waals surface area contributed by atoms with Crippen molar-refractivity contribution in [1.29, 1.82) is 0 Å². The maximum absolute atomic E-state index is 14.2. The van der Waals surface area contributed by atoms with E-state index in [0.29, 0.717) is 18.0 Å². The van der Waals surface area contributed by atoms with Crippen molar-refractivity contribution in [1.82, 2.24) is 5.32 Å². The van der Waals surface area contributed by atoms with Crippen LogP contribution in [0.5, 0.6) is 0 Å². The van der Waals surface area contributed by atoms with Crippen LogP contribution in [-0.2, 0) is 6.54 Å². The first-order chi connectivity index (χ1) is 8.95. The van der Waals surface area contributed by atoms with E-state index in [1.165, 1.54) is 18.9 Å². The quantitative estimate of drug-likeness (QED) is 0.331. The molecule has 1 aliphatic carbocycles. The van der Waals surface area contributed by atoms with Crippen molar-refractivity contribution in [3.8, 4) is 0 Å². The summed E-state index contributed by atoms with van der Waals surface area (Å²) < 4.78 is 14.2. The van der Waals surface area contributed by atoms with Crippen LogP contribution in [0.3, 0.4) is 0 Å². The van der Waals surface area contributed by atoms with E-state index < -0.39 is 5.82 Å². The van der Waals surface area contributed by atoms with Gasteiger partial charge in [-0.25, -0.2) is 4.39 Å². The van der Waals surface area contributed by atoms with Gasteiger partial charge in [-0.2, -0.15) is 0 Å². The number of benzene rings is 1. The number of nitrogens with one attached hydrogen (secondary N) is 1. The molecule has 4 N–H and O–H groups in total. The molecule has 0 aliphatic heterocycles. The summed E-state index contributed by atoms with van der Waals surface area (Å²) in [6, 6.07) is 4.91. The van der Waals surface area contributed by atoms with E-state index in [0.717, 1.165) is 0 Å². The highest BCUT2D eigenvalue weighted by molar-refractivity contribution is 5.97. The van der Waals surface area contributed by atoms with E-state index in [1.807, 2.05) is 0 Å². The van der Waals surface area contributed by atoms with E-state index >= 15 is 0 Å². The third kappa shape index (κ3) is 3.04. The zero-order chi connectivity index (χ0) is 14.0. The van der Waals surface area contributed by atoms with Crippen LogP contribution >= 0.6 is 0 Å². The van der Waals surface area contributed by atoms with Crippen LogP contribution < -0.4 is 11.1 Å². The normalized spacial score (nSPS) is 16.7. The summed E-state index contributed by atoms with van der Waals surface area (Å²) in [5.74, 6) is 0.0283. The van der Waals surface area contributed by atoms with E-state index in [9.17, 15) is 4.39 Å². The number of oxime groups is 1. The first-order valence-corrected chi connectivity index (χ1v) is 6.46. The molecule has 104 valence electrons. The predicted octanol–water partition coefficient (Wildman–Crippen LogP) is 2.20. The van der Waals surface area contributed by atoms with Gasteiger partial charge in [-0.05, 0) is 38.7 Å². The van der Waals surface area contributed by atoms with Crippen LogP contribution in [0.25, 0.3) is 0 Å². The molecule has 0 unspecified atom stereocenters. The van der Waals surface area contributed by atoms with Gasteiger partial charge >= 0.3 is 0 Å². The fourth-order valence-electron chi connectivity index (χ4n) is 2.24. The van der Waals surface area contributed by atoms with Gasteiger partial charge in [-0.3, -0.25) is 0 Å². The van der Waals surface area contributed by atoms with Crippen molar-refractivity contribution >= 4 is 5.84 Å². The largest absolute Gasteiger partial charge is 0.409 e. The lowest BCUT2D eigenvalue weighted by Gasteiger charge is -2.26. The smallest absolute Gasteiger partial charge is 0.173 e. The number of nitrogens with two attached hydrogens (primary N) is 1. The summed E-state index contributed by atoms with van der Waals surface area (Å²) in [7, 11) is 0. The molecule has 0 amide bonds. The second kappa shape index (κ2) is 5.17. The van der Waals surface area contributed by atoms with E-state index in [2.05, 4.69) is 24.3 Å². The Morgan fingerprint density at radius 2 is 2.21 bits per heavy atom. The van der Waals surface area contributed by atoms with Gasteiger partial charge in [0.05, 0.1) is 5.56 Å². The fourth-order valence-corrected chi connectivity index (χ4v) is 2.24. The highest BCUT2D eigenvalue weighted by atomic mass is 19.1. The van der Waals surface area contributed by atoms with Crippen LogP contribution in [0.1, 0.15) is 37.8 Å². The molecule has 19 heavy (non-hydrogen) atoms. The zero-order valence-electron chi connectivity index (χ0n) is 11.3. The number of halogens is 1. The van der Waals surface area contributed by atoms with Crippen molar-refractivity contribution in [2.75, 3.05) is 0 Å². The molecular formula is C14H20FN3O. The van der Waals surface area contributed by atoms with Crippen LogP contribution in [-0.4, -0.2) is 16.6 Å². The van der Waals surface area contributed by atoms with Crippen molar-refractivity contribution in [2.45, 2.75) is 38.8 Å². The number of hydrogen-bond acceptors (Lipinski definition) is 3. The van der Waals surface area contributed by atoms with Gasteiger partial charge in [0.25, 0.3) is 0 Å². The van der Waals surface area contributed by atoms with Gasteiger partial charge in [0, 0.05) is 17.6 Å². The SMILES string of the molecule is CC(C)(NCc1cccc(/C(N)=N/O)c1F)C1CC1. The number of hydrogen-bond donors (Lipinski definition) is 3. The van der Waals surface area contributed by atoms with E-state index in [4.69, 9.17) is 10.9 Å². The monoisotopic (exact) mass is 265 g/mol. The lowest BCUT2D eigenvalue weighted by molar-refractivity contribution is 0.318. The highest BCUT2D eigenvalue weighted by Gasteiger charge is 2.37. The second-order valence-electron chi connectivity index (χ2n) is 5.61. The lowest BCUT2D eigenvalue weighted by atomic mass is 9.98. The van der Waals surface area contributed by atoms with Crippen LogP contribution in [0.2, 0.25) is 0 Å². The standard InChI is InChI=1S/C14H20FN3O/c1-14(2,10-6-7-10)17-8-9-4-3-5-11(12(9)15)13(16)18-19/h3-5,10,17,19H,6-8H2,1-2H3,(H2,16,18). The Bertz CT molecular complexity index is 495. The summed E-state index contributed by atoms with van der Waals surface area (Å²) in [4.78, 5) is 0. The number of amidine groups is 1. The van der Waals surface area contributed by atoms with Gasteiger partial charge in [0.1, 0.15) is 5.82 Å². The molecule has 0 atom stereocenters. The average molecular weight is 265 g/mol. The van der Waals surface area contributed by atoms with Gasteiger partial charge < -0.3 is 16.3 Å². The molecule has 5 heteroatoms. The third-order valence-corrected chi connectivity index (χ3v) is 3.79. The molecule has 0 aromatic heterocycles. The van der Waals surface area contributed by atoms with Crippen molar-refractivity contribution in [3.63, 3.8) is 0 Å². The summed E-state index contributed by atoms with van der Waals surface area (Å²) in [5, 5.41) is 14.8. The maximum atomic E-state index is 14.2. The Kier molecular flexibility index (Phi) is 3.75. The molecule has 1 aliphatic rings. The molecule has 0 bridgehead atoms. The summed E-state index contributed by atoms with van der Waals surface area (Å²) in [6.07, 6.45) is 2.46. The molecule has 1 saturated carbocycles. The minimum absolute atomic E-state index is 0.0130. The summed E-state index contributed by atoms with van der Waals surface area (Å²) in [5.41, 5.74) is 6.11. The van der Waals surface area contributed by atoms with Gasteiger partial charge in [-0.1, -0.05) is 17.3 Å². The van der Waals surface area contributed by atoms with Crippen LogP contribution in [0.4, 0.5) is 4.39 Å². The Balaban J connectivity index is 2.12. The Labute approximate surface area is 112 Å². The Morgan fingerprint density at radius 3 is 2.79 bits per heavy atom. The van der Waals surface area contributed by atoms with Crippen LogP contribution in [0.15, 0.2) is 23.4 Å². The molecule has 1 aromatic carbocycles. The van der Waals surface area contributed by atoms with E-state index in [-0.39, 0.29) is 16.9 Å². The number of rotatable bonds is 5. The minimum atomic E-state index is -0.433. The van der Waals surface area contributed by atoms with Gasteiger partial charge in [0.2, 0.25) is 0 Å². The number of nitrogens with zero attached hydrogens (tertiary/aromatic N) is 1.